The molecule has 2 rings (SSSR count). The van der Waals surface area contributed by atoms with Crippen molar-refractivity contribution in [2.24, 2.45) is 5.92 Å². The lowest BCUT2D eigenvalue weighted by Crippen LogP contribution is -2.43. The van der Waals surface area contributed by atoms with E-state index in [1.807, 2.05) is 0 Å². The summed E-state index contributed by atoms with van der Waals surface area (Å²) in [5.74, 6) is 0.845. The van der Waals surface area contributed by atoms with Crippen LogP contribution in [-0.4, -0.2) is 36.6 Å². The van der Waals surface area contributed by atoms with E-state index in [0.717, 1.165) is 18.0 Å². The minimum Gasteiger partial charge on any atom is -0.317 e. The fraction of sp³-hybridized carbons (Fsp3) is 1.00. The van der Waals surface area contributed by atoms with Crippen LogP contribution in [0.2, 0.25) is 0 Å². The molecular formula is C16H32N2. The van der Waals surface area contributed by atoms with Crippen LogP contribution in [0, 0.1) is 5.92 Å². The molecule has 1 unspecified atom stereocenters. The quantitative estimate of drug-likeness (QED) is 0.806. The van der Waals surface area contributed by atoms with E-state index in [1.54, 1.807) is 0 Å². The van der Waals surface area contributed by atoms with Crippen molar-refractivity contribution in [3.8, 4) is 0 Å². The monoisotopic (exact) mass is 252 g/mol. The summed E-state index contributed by atoms with van der Waals surface area (Å²) in [5.41, 5.74) is 0. The van der Waals surface area contributed by atoms with E-state index in [4.69, 9.17) is 0 Å². The van der Waals surface area contributed by atoms with Gasteiger partial charge >= 0.3 is 0 Å². The third-order valence-corrected chi connectivity index (χ3v) is 4.77. The summed E-state index contributed by atoms with van der Waals surface area (Å²) >= 11 is 0. The molecule has 2 nitrogen and oxygen atoms in total. The molecule has 1 heterocycles. The van der Waals surface area contributed by atoms with Gasteiger partial charge in [0.25, 0.3) is 0 Å². The zero-order chi connectivity index (χ0) is 12.8. The second-order valence-corrected chi connectivity index (χ2v) is 6.69. The van der Waals surface area contributed by atoms with E-state index in [9.17, 15) is 0 Å². The lowest BCUT2D eigenvalue weighted by atomic mass is 10.0. The standard InChI is InChI=1S/C16H32N2/c1-14(2)10-13-18(15-6-3-4-7-15)16-8-5-11-17-12-9-16/h14-17H,3-13H2,1-2H3. The van der Waals surface area contributed by atoms with Crippen LogP contribution in [0.5, 0.6) is 0 Å². The van der Waals surface area contributed by atoms with Crippen LogP contribution in [-0.2, 0) is 0 Å². The molecule has 1 saturated heterocycles. The molecular weight excluding hydrogens is 220 g/mol. The molecule has 0 bridgehead atoms. The van der Waals surface area contributed by atoms with Crippen molar-refractivity contribution in [3.05, 3.63) is 0 Å². The van der Waals surface area contributed by atoms with Crippen molar-refractivity contribution < 1.29 is 0 Å². The number of rotatable bonds is 5. The van der Waals surface area contributed by atoms with Crippen LogP contribution in [0.1, 0.15) is 65.2 Å². The van der Waals surface area contributed by atoms with Crippen LogP contribution >= 0.6 is 0 Å². The Hall–Kier alpha value is -0.0800. The van der Waals surface area contributed by atoms with Crippen LogP contribution in [0.15, 0.2) is 0 Å². The summed E-state index contributed by atoms with van der Waals surface area (Å²) in [4.78, 5) is 2.90. The molecule has 2 fully saturated rings. The van der Waals surface area contributed by atoms with E-state index in [1.165, 1.54) is 71.0 Å². The summed E-state index contributed by atoms with van der Waals surface area (Å²) in [5, 5.41) is 3.56. The second-order valence-electron chi connectivity index (χ2n) is 6.69. The van der Waals surface area contributed by atoms with Crippen LogP contribution in [0.3, 0.4) is 0 Å². The van der Waals surface area contributed by atoms with Crippen molar-refractivity contribution in [1.82, 2.24) is 10.2 Å². The van der Waals surface area contributed by atoms with Crippen molar-refractivity contribution in [1.29, 1.82) is 0 Å². The van der Waals surface area contributed by atoms with Crippen molar-refractivity contribution >= 4 is 0 Å². The van der Waals surface area contributed by atoms with Crippen LogP contribution < -0.4 is 5.32 Å². The van der Waals surface area contributed by atoms with Gasteiger partial charge < -0.3 is 5.32 Å². The highest BCUT2D eigenvalue weighted by Gasteiger charge is 2.28. The number of hydrogen-bond donors (Lipinski definition) is 1. The minimum absolute atomic E-state index is 0.845. The molecule has 1 atom stereocenters. The third kappa shape index (κ3) is 4.24. The summed E-state index contributed by atoms with van der Waals surface area (Å²) in [7, 11) is 0. The van der Waals surface area contributed by atoms with E-state index < -0.39 is 0 Å². The first-order chi connectivity index (χ1) is 8.77. The third-order valence-electron chi connectivity index (χ3n) is 4.77. The molecule has 2 heteroatoms. The van der Waals surface area contributed by atoms with E-state index in [-0.39, 0.29) is 0 Å². The Morgan fingerprint density at radius 1 is 0.944 bits per heavy atom. The highest BCUT2D eigenvalue weighted by molar-refractivity contribution is 4.84. The Morgan fingerprint density at radius 3 is 2.33 bits per heavy atom. The van der Waals surface area contributed by atoms with Gasteiger partial charge in [0, 0.05) is 12.1 Å². The number of nitrogens with zero attached hydrogens (tertiary/aromatic N) is 1. The summed E-state index contributed by atoms with van der Waals surface area (Å²) < 4.78 is 0. The maximum Gasteiger partial charge on any atom is 0.0111 e. The average molecular weight is 252 g/mol. The first-order valence-corrected chi connectivity index (χ1v) is 8.24. The average Bonchev–Trinajstić information content (AvgIpc) is 2.73. The highest BCUT2D eigenvalue weighted by atomic mass is 15.2. The Morgan fingerprint density at radius 2 is 1.61 bits per heavy atom. The van der Waals surface area contributed by atoms with Gasteiger partial charge in [-0.1, -0.05) is 26.7 Å². The molecule has 1 aliphatic heterocycles. The molecule has 1 saturated carbocycles. The first-order valence-electron chi connectivity index (χ1n) is 8.24. The minimum atomic E-state index is 0.845. The van der Waals surface area contributed by atoms with Gasteiger partial charge in [0.15, 0.2) is 0 Å². The molecule has 106 valence electrons. The summed E-state index contributed by atoms with van der Waals surface area (Å²) in [6, 6.07) is 1.77. The highest BCUT2D eigenvalue weighted by Crippen LogP contribution is 2.28. The predicted molar refractivity (Wildman–Crippen MR) is 78.9 cm³/mol. The van der Waals surface area contributed by atoms with Gasteiger partial charge in [0.2, 0.25) is 0 Å². The topological polar surface area (TPSA) is 15.3 Å². The van der Waals surface area contributed by atoms with Gasteiger partial charge in [0.05, 0.1) is 0 Å². The molecule has 0 aromatic rings. The molecule has 2 aliphatic rings. The molecule has 18 heavy (non-hydrogen) atoms. The Labute approximate surface area is 114 Å². The molecule has 0 radical (unpaired) electrons. The smallest absolute Gasteiger partial charge is 0.0111 e. The summed E-state index contributed by atoms with van der Waals surface area (Å²) in [6.07, 6.45) is 11.4. The maximum absolute atomic E-state index is 3.56. The zero-order valence-corrected chi connectivity index (χ0v) is 12.5. The normalized spacial score (nSPS) is 27.0. The first kappa shape index (κ1) is 14.3. The van der Waals surface area contributed by atoms with Crippen molar-refractivity contribution in [2.45, 2.75) is 77.3 Å². The fourth-order valence-corrected chi connectivity index (χ4v) is 3.64. The fourth-order valence-electron chi connectivity index (χ4n) is 3.64. The largest absolute Gasteiger partial charge is 0.317 e. The molecule has 1 aliphatic carbocycles. The lowest BCUT2D eigenvalue weighted by molar-refractivity contribution is 0.117. The zero-order valence-electron chi connectivity index (χ0n) is 12.5. The second kappa shape index (κ2) is 7.49. The van der Waals surface area contributed by atoms with Gasteiger partial charge in [-0.2, -0.15) is 0 Å². The Bertz CT molecular complexity index is 213. The lowest BCUT2D eigenvalue weighted by Gasteiger charge is -2.36. The number of nitrogens with one attached hydrogen (secondary N) is 1. The van der Waals surface area contributed by atoms with E-state index in [0.29, 0.717) is 0 Å². The van der Waals surface area contributed by atoms with Gasteiger partial charge in [-0.25, -0.2) is 0 Å². The Balaban J connectivity index is 1.92. The predicted octanol–water partition coefficient (Wildman–Crippen LogP) is 3.42. The number of hydrogen-bond acceptors (Lipinski definition) is 2. The molecule has 0 aromatic heterocycles. The van der Waals surface area contributed by atoms with Crippen molar-refractivity contribution in [3.63, 3.8) is 0 Å². The molecule has 0 amide bonds. The molecule has 1 N–H and O–H groups in total. The van der Waals surface area contributed by atoms with E-state index in [2.05, 4.69) is 24.1 Å². The maximum atomic E-state index is 3.56. The molecule has 0 spiro atoms. The van der Waals surface area contributed by atoms with Crippen LogP contribution in [0.4, 0.5) is 0 Å². The molecule has 0 aromatic carbocycles. The van der Waals surface area contributed by atoms with Gasteiger partial charge in [-0.3, -0.25) is 4.90 Å². The SMILES string of the molecule is CC(C)CCN(C1CCCC1)C1CCCNCC1. The van der Waals surface area contributed by atoms with Crippen LogP contribution in [0.25, 0.3) is 0 Å². The van der Waals surface area contributed by atoms with Gasteiger partial charge in [0.1, 0.15) is 0 Å². The Kier molecular flexibility index (Phi) is 5.97. The van der Waals surface area contributed by atoms with Crippen molar-refractivity contribution in [2.75, 3.05) is 19.6 Å². The summed E-state index contributed by atoms with van der Waals surface area (Å²) in [6.45, 7) is 8.53. The van der Waals surface area contributed by atoms with E-state index >= 15 is 0 Å². The van der Waals surface area contributed by atoms with Gasteiger partial charge in [-0.15, -0.1) is 0 Å². The van der Waals surface area contributed by atoms with Gasteiger partial charge in [-0.05, 0) is 64.1 Å².